The predicted octanol–water partition coefficient (Wildman–Crippen LogP) is 6.51. The second-order valence-corrected chi connectivity index (χ2v) is 9.30. The number of carbonyl (C=O) groups excluding carboxylic acids is 1. The van der Waals surface area contributed by atoms with Crippen LogP contribution in [0.5, 0.6) is 5.75 Å². The van der Waals surface area contributed by atoms with Crippen molar-refractivity contribution in [1.29, 1.82) is 5.26 Å². The largest absolute Gasteiger partial charge is 0.497 e. The quantitative estimate of drug-likeness (QED) is 0.267. The summed E-state index contributed by atoms with van der Waals surface area (Å²) in [5.41, 5.74) is 2.13. The number of benzene rings is 3. The van der Waals surface area contributed by atoms with Gasteiger partial charge in [-0.2, -0.15) is 5.26 Å². The van der Waals surface area contributed by atoms with Crippen molar-refractivity contribution in [2.24, 2.45) is 0 Å². The second-order valence-electron chi connectivity index (χ2n) is 7.11. The van der Waals surface area contributed by atoms with Crippen molar-refractivity contribution < 1.29 is 9.53 Å². The summed E-state index contributed by atoms with van der Waals surface area (Å²) in [6.45, 7) is 0. The zero-order valence-corrected chi connectivity index (χ0v) is 21.2. The van der Waals surface area contributed by atoms with Gasteiger partial charge in [0.15, 0.2) is 11.0 Å². The highest BCUT2D eigenvalue weighted by molar-refractivity contribution is 7.99. The Morgan fingerprint density at radius 3 is 2.51 bits per heavy atom. The number of halogens is 3. The summed E-state index contributed by atoms with van der Waals surface area (Å²) in [5, 5.41) is 22.3. The molecule has 0 unspecified atom stereocenters. The lowest BCUT2D eigenvalue weighted by Gasteiger charge is -2.12. The molecule has 176 valence electrons. The van der Waals surface area contributed by atoms with Crippen LogP contribution in [0.4, 0.5) is 5.69 Å². The summed E-state index contributed by atoms with van der Waals surface area (Å²) in [7, 11) is 1.59. The van der Waals surface area contributed by atoms with Gasteiger partial charge < -0.3 is 10.1 Å². The molecule has 0 aliphatic heterocycles. The number of rotatable bonds is 7. The summed E-state index contributed by atoms with van der Waals surface area (Å²) in [6, 6.07) is 19.2. The number of hydrogen-bond donors (Lipinski definition) is 1. The monoisotopic (exact) mass is 543 g/mol. The van der Waals surface area contributed by atoms with E-state index in [2.05, 4.69) is 15.5 Å². The molecular weight excluding hydrogens is 529 g/mol. The number of amides is 1. The first-order chi connectivity index (χ1) is 16.9. The van der Waals surface area contributed by atoms with E-state index in [9.17, 15) is 10.1 Å². The van der Waals surface area contributed by atoms with Crippen LogP contribution in [0.1, 0.15) is 5.56 Å². The number of anilines is 1. The molecule has 0 bridgehead atoms. The number of ether oxygens (including phenoxy) is 1. The van der Waals surface area contributed by atoms with Crippen molar-refractivity contribution in [3.63, 3.8) is 0 Å². The molecule has 7 nitrogen and oxygen atoms in total. The fourth-order valence-electron chi connectivity index (χ4n) is 3.18. The normalized spacial score (nSPS) is 10.6. The average Bonchev–Trinajstić information content (AvgIpc) is 3.28. The highest BCUT2D eigenvalue weighted by Crippen LogP contribution is 2.32. The van der Waals surface area contributed by atoms with E-state index in [0.717, 1.165) is 5.56 Å². The number of nitrogens with zero attached hydrogens (tertiary/aromatic N) is 4. The van der Waals surface area contributed by atoms with Gasteiger partial charge in [-0.1, -0.05) is 46.6 Å². The highest BCUT2D eigenvalue weighted by atomic mass is 35.5. The molecule has 4 rings (SSSR count). The van der Waals surface area contributed by atoms with Gasteiger partial charge in [0.1, 0.15) is 11.8 Å². The fourth-order valence-corrected chi connectivity index (χ4v) is 4.40. The molecule has 35 heavy (non-hydrogen) atoms. The molecule has 1 heterocycles. The Kier molecular flexibility index (Phi) is 7.83. The molecule has 0 atom stereocenters. The Labute approximate surface area is 220 Å². The van der Waals surface area contributed by atoms with Gasteiger partial charge in [0.25, 0.3) is 0 Å². The standard InChI is InChI=1S/C24H16Cl3N5O2S/c1-34-18-7-3-14(4-8-18)23-30-31-24(32(23)17-6-9-19(26)20(27)11-17)35-13-22(33)29-21-10-16(25)5-2-15(21)12-28/h2-11H,13H2,1H3,(H,29,33). The minimum absolute atomic E-state index is 0.0133. The number of hydrogen-bond acceptors (Lipinski definition) is 6. The Hall–Kier alpha value is -3.22. The molecule has 0 aliphatic rings. The van der Waals surface area contributed by atoms with Gasteiger partial charge in [-0.15, -0.1) is 10.2 Å². The maximum atomic E-state index is 12.7. The fraction of sp³-hybridized carbons (Fsp3) is 0.0833. The van der Waals surface area contributed by atoms with E-state index in [1.807, 2.05) is 30.3 Å². The summed E-state index contributed by atoms with van der Waals surface area (Å²) in [4.78, 5) is 12.7. The van der Waals surface area contributed by atoms with Crippen molar-refractivity contribution >= 4 is 58.2 Å². The molecule has 0 spiro atoms. The van der Waals surface area contributed by atoms with E-state index in [4.69, 9.17) is 39.5 Å². The van der Waals surface area contributed by atoms with E-state index in [1.165, 1.54) is 17.8 Å². The molecule has 11 heteroatoms. The van der Waals surface area contributed by atoms with Crippen molar-refractivity contribution in [1.82, 2.24) is 14.8 Å². The minimum Gasteiger partial charge on any atom is -0.497 e. The molecule has 1 N–H and O–H groups in total. The van der Waals surface area contributed by atoms with Gasteiger partial charge in [0.05, 0.1) is 39.8 Å². The van der Waals surface area contributed by atoms with Crippen LogP contribution in [-0.2, 0) is 4.79 Å². The molecule has 0 radical (unpaired) electrons. The van der Waals surface area contributed by atoms with Crippen LogP contribution >= 0.6 is 46.6 Å². The number of methoxy groups -OCH3 is 1. The molecule has 0 aliphatic carbocycles. The smallest absolute Gasteiger partial charge is 0.234 e. The molecular formula is C24H16Cl3N5O2S. The SMILES string of the molecule is COc1ccc(-c2nnc(SCC(=O)Nc3cc(Cl)ccc3C#N)n2-c2ccc(Cl)c(Cl)c2)cc1. The first-order valence-electron chi connectivity index (χ1n) is 10.1. The topological polar surface area (TPSA) is 92.8 Å². The maximum Gasteiger partial charge on any atom is 0.234 e. The lowest BCUT2D eigenvalue weighted by molar-refractivity contribution is -0.113. The Morgan fingerprint density at radius 1 is 1.06 bits per heavy atom. The van der Waals surface area contributed by atoms with E-state index in [1.54, 1.807) is 42.0 Å². The van der Waals surface area contributed by atoms with Crippen molar-refractivity contribution in [2.75, 3.05) is 18.2 Å². The molecule has 4 aromatic rings. The molecule has 0 saturated heterocycles. The first kappa shape index (κ1) is 24.9. The minimum atomic E-state index is -0.330. The van der Waals surface area contributed by atoms with Crippen LogP contribution in [0, 0.1) is 11.3 Å². The molecule has 0 fully saturated rings. The van der Waals surface area contributed by atoms with Gasteiger partial charge in [-0.3, -0.25) is 9.36 Å². The number of thioether (sulfide) groups is 1. The third-order valence-electron chi connectivity index (χ3n) is 4.85. The lowest BCUT2D eigenvalue weighted by atomic mass is 10.2. The van der Waals surface area contributed by atoms with Crippen molar-refractivity contribution in [3.05, 3.63) is 81.3 Å². The van der Waals surface area contributed by atoms with Crippen LogP contribution in [0.25, 0.3) is 17.1 Å². The van der Waals surface area contributed by atoms with Gasteiger partial charge in [-0.25, -0.2) is 0 Å². The van der Waals surface area contributed by atoms with Crippen LogP contribution in [-0.4, -0.2) is 33.5 Å². The third-order valence-corrected chi connectivity index (χ3v) is 6.75. The molecule has 0 saturated carbocycles. The van der Waals surface area contributed by atoms with Crippen LogP contribution in [0.15, 0.2) is 65.8 Å². The predicted molar refractivity (Wildman–Crippen MR) is 139 cm³/mol. The first-order valence-corrected chi connectivity index (χ1v) is 12.2. The number of nitrogens with one attached hydrogen (secondary N) is 1. The van der Waals surface area contributed by atoms with Gasteiger partial charge in [0.2, 0.25) is 5.91 Å². The average molecular weight is 545 g/mol. The van der Waals surface area contributed by atoms with E-state index < -0.39 is 0 Å². The van der Waals surface area contributed by atoms with Crippen molar-refractivity contribution in [3.8, 4) is 28.9 Å². The van der Waals surface area contributed by atoms with Crippen molar-refractivity contribution in [2.45, 2.75) is 5.16 Å². The third kappa shape index (κ3) is 5.72. The number of nitriles is 1. The summed E-state index contributed by atoms with van der Waals surface area (Å²) >= 11 is 19.6. The van der Waals surface area contributed by atoms with Gasteiger partial charge in [0, 0.05) is 10.6 Å². The number of aromatic nitrogens is 3. The maximum absolute atomic E-state index is 12.7. The van der Waals surface area contributed by atoms with E-state index >= 15 is 0 Å². The molecule has 3 aromatic carbocycles. The second kappa shape index (κ2) is 11.0. The van der Waals surface area contributed by atoms with Crippen LogP contribution in [0.2, 0.25) is 15.1 Å². The van der Waals surface area contributed by atoms with Gasteiger partial charge in [-0.05, 0) is 60.7 Å². The Bertz CT molecular complexity index is 1430. The number of carbonyl (C=O) groups is 1. The highest BCUT2D eigenvalue weighted by Gasteiger charge is 2.19. The van der Waals surface area contributed by atoms with E-state index in [-0.39, 0.29) is 11.7 Å². The van der Waals surface area contributed by atoms with E-state index in [0.29, 0.717) is 48.7 Å². The lowest BCUT2D eigenvalue weighted by Crippen LogP contribution is -2.15. The molecule has 1 aromatic heterocycles. The summed E-state index contributed by atoms with van der Waals surface area (Å²) in [6.07, 6.45) is 0. The van der Waals surface area contributed by atoms with Gasteiger partial charge >= 0.3 is 0 Å². The molecule has 1 amide bonds. The summed E-state index contributed by atoms with van der Waals surface area (Å²) in [5.74, 6) is 0.941. The Balaban J connectivity index is 1.64. The summed E-state index contributed by atoms with van der Waals surface area (Å²) < 4.78 is 7.03. The van der Waals surface area contributed by atoms with Crippen LogP contribution in [0.3, 0.4) is 0 Å². The Morgan fingerprint density at radius 2 is 1.83 bits per heavy atom. The zero-order valence-electron chi connectivity index (χ0n) is 18.1. The zero-order chi connectivity index (χ0) is 24.9. The van der Waals surface area contributed by atoms with Crippen LogP contribution < -0.4 is 10.1 Å².